The molecule has 0 saturated carbocycles. The van der Waals surface area contributed by atoms with E-state index in [9.17, 15) is 4.39 Å². The van der Waals surface area contributed by atoms with Gasteiger partial charge in [-0.05, 0) is 37.5 Å². The fraction of sp³-hybridized carbons (Fsp3) is 0.538. The van der Waals surface area contributed by atoms with Crippen molar-refractivity contribution in [1.29, 1.82) is 0 Å². The normalized spacial score (nSPS) is 14.8. The molecule has 0 heterocycles. The van der Waals surface area contributed by atoms with Crippen molar-refractivity contribution in [3.05, 3.63) is 35.6 Å². The van der Waals surface area contributed by atoms with Crippen molar-refractivity contribution in [3.63, 3.8) is 0 Å². The second-order valence-electron chi connectivity index (χ2n) is 4.19. The highest BCUT2D eigenvalue weighted by Gasteiger charge is 2.09. The SMILES string of the molecule is CCC(CO)NC(C)Cc1cccc(F)c1. The van der Waals surface area contributed by atoms with Gasteiger partial charge in [-0.2, -0.15) is 0 Å². The fourth-order valence-corrected chi connectivity index (χ4v) is 1.78. The maximum absolute atomic E-state index is 13.0. The van der Waals surface area contributed by atoms with Crippen LogP contribution in [0.1, 0.15) is 25.8 Å². The first-order chi connectivity index (χ1) is 7.65. The molecule has 1 rings (SSSR count). The number of nitrogens with one attached hydrogen (secondary N) is 1. The first kappa shape index (κ1) is 13.1. The smallest absolute Gasteiger partial charge is 0.123 e. The Kier molecular flexibility index (Phi) is 5.43. The van der Waals surface area contributed by atoms with Crippen LogP contribution in [0.15, 0.2) is 24.3 Å². The molecule has 16 heavy (non-hydrogen) atoms. The van der Waals surface area contributed by atoms with E-state index in [0.717, 1.165) is 18.4 Å². The molecule has 0 saturated heterocycles. The molecule has 2 unspecified atom stereocenters. The molecule has 0 aliphatic carbocycles. The number of hydrogen-bond donors (Lipinski definition) is 2. The zero-order valence-electron chi connectivity index (χ0n) is 9.91. The highest BCUT2D eigenvalue weighted by atomic mass is 19.1. The van der Waals surface area contributed by atoms with Crippen LogP contribution < -0.4 is 5.32 Å². The van der Waals surface area contributed by atoms with Gasteiger partial charge in [0.2, 0.25) is 0 Å². The van der Waals surface area contributed by atoms with Crippen molar-refractivity contribution >= 4 is 0 Å². The van der Waals surface area contributed by atoms with Crippen molar-refractivity contribution in [2.24, 2.45) is 0 Å². The Labute approximate surface area is 96.5 Å². The Hall–Kier alpha value is -0.930. The van der Waals surface area contributed by atoms with E-state index in [4.69, 9.17) is 5.11 Å². The van der Waals surface area contributed by atoms with Crippen LogP contribution in [0.25, 0.3) is 0 Å². The van der Waals surface area contributed by atoms with Gasteiger partial charge in [0.25, 0.3) is 0 Å². The molecule has 0 aliphatic rings. The summed E-state index contributed by atoms with van der Waals surface area (Å²) < 4.78 is 13.0. The second-order valence-corrected chi connectivity index (χ2v) is 4.19. The van der Waals surface area contributed by atoms with Gasteiger partial charge < -0.3 is 10.4 Å². The van der Waals surface area contributed by atoms with Gasteiger partial charge in [0.05, 0.1) is 6.61 Å². The largest absolute Gasteiger partial charge is 0.395 e. The number of rotatable bonds is 6. The molecule has 1 aromatic rings. The molecular weight excluding hydrogens is 205 g/mol. The Morgan fingerprint density at radius 1 is 1.44 bits per heavy atom. The lowest BCUT2D eigenvalue weighted by Crippen LogP contribution is -2.39. The monoisotopic (exact) mass is 225 g/mol. The van der Waals surface area contributed by atoms with Crippen molar-refractivity contribution in [2.45, 2.75) is 38.8 Å². The molecule has 1 aromatic carbocycles. The van der Waals surface area contributed by atoms with E-state index in [1.54, 1.807) is 12.1 Å². The predicted molar refractivity (Wildman–Crippen MR) is 63.9 cm³/mol. The third-order valence-electron chi connectivity index (χ3n) is 2.66. The molecular formula is C13H20FNO. The van der Waals surface area contributed by atoms with Crippen molar-refractivity contribution in [2.75, 3.05) is 6.61 Å². The molecule has 0 amide bonds. The summed E-state index contributed by atoms with van der Waals surface area (Å²) in [6.07, 6.45) is 1.66. The van der Waals surface area contributed by atoms with Gasteiger partial charge in [-0.3, -0.25) is 0 Å². The summed E-state index contributed by atoms with van der Waals surface area (Å²) in [4.78, 5) is 0. The van der Waals surface area contributed by atoms with E-state index >= 15 is 0 Å². The minimum Gasteiger partial charge on any atom is -0.395 e. The van der Waals surface area contributed by atoms with Crippen LogP contribution in [0.3, 0.4) is 0 Å². The highest BCUT2D eigenvalue weighted by molar-refractivity contribution is 5.17. The number of halogens is 1. The standard InChI is InChI=1S/C13H20FNO/c1-3-13(9-16)15-10(2)7-11-5-4-6-12(14)8-11/h4-6,8,10,13,15-16H,3,7,9H2,1-2H3. The van der Waals surface area contributed by atoms with Crippen molar-refractivity contribution in [1.82, 2.24) is 5.32 Å². The van der Waals surface area contributed by atoms with Crippen molar-refractivity contribution < 1.29 is 9.50 Å². The highest BCUT2D eigenvalue weighted by Crippen LogP contribution is 2.07. The molecule has 0 radical (unpaired) electrons. The topological polar surface area (TPSA) is 32.3 Å². The van der Waals surface area contributed by atoms with E-state index in [1.807, 2.05) is 19.9 Å². The molecule has 90 valence electrons. The van der Waals surface area contributed by atoms with E-state index in [1.165, 1.54) is 6.07 Å². The maximum Gasteiger partial charge on any atom is 0.123 e. The van der Waals surface area contributed by atoms with Gasteiger partial charge in [-0.15, -0.1) is 0 Å². The number of aliphatic hydroxyl groups is 1. The van der Waals surface area contributed by atoms with Crippen LogP contribution in [-0.4, -0.2) is 23.8 Å². The summed E-state index contributed by atoms with van der Waals surface area (Å²) in [5.41, 5.74) is 0.979. The molecule has 3 heteroatoms. The van der Waals surface area contributed by atoms with Crippen LogP contribution >= 0.6 is 0 Å². The first-order valence-electron chi connectivity index (χ1n) is 5.77. The van der Waals surface area contributed by atoms with Crippen LogP contribution in [0.5, 0.6) is 0 Å². The van der Waals surface area contributed by atoms with Crippen LogP contribution in [-0.2, 0) is 6.42 Å². The van der Waals surface area contributed by atoms with Crippen LogP contribution in [0.2, 0.25) is 0 Å². The molecule has 0 bridgehead atoms. The van der Waals surface area contributed by atoms with E-state index in [2.05, 4.69) is 5.32 Å². The Morgan fingerprint density at radius 2 is 2.19 bits per heavy atom. The quantitative estimate of drug-likeness (QED) is 0.777. The fourth-order valence-electron chi connectivity index (χ4n) is 1.78. The van der Waals surface area contributed by atoms with Crippen molar-refractivity contribution in [3.8, 4) is 0 Å². The van der Waals surface area contributed by atoms with Gasteiger partial charge in [-0.1, -0.05) is 19.1 Å². The Bertz CT molecular complexity index is 313. The first-order valence-corrected chi connectivity index (χ1v) is 5.77. The lowest BCUT2D eigenvalue weighted by atomic mass is 10.1. The average Bonchev–Trinajstić information content (AvgIpc) is 2.26. The zero-order chi connectivity index (χ0) is 12.0. The lowest BCUT2D eigenvalue weighted by Gasteiger charge is -2.20. The van der Waals surface area contributed by atoms with Crippen LogP contribution in [0.4, 0.5) is 4.39 Å². The van der Waals surface area contributed by atoms with E-state index in [-0.39, 0.29) is 24.5 Å². The lowest BCUT2D eigenvalue weighted by molar-refractivity contribution is 0.229. The number of hydrogen-bond acceptors (Lipinski definition) is 2. The summed E-state index contributed by atoms with van der Waals surface area (Å²) in [7, 11) is 0. The predicted octanol–water partition coefficient (Wildman–Crippen LogP) is 2.12. The molecule has 0 aromatic heterocycles. The number of aliphatic hydroxyl groups excluding tert-OH is 1. The minimum absolute atomic E-state index is 0.128. The van der Waals surface area contributed by atoms with Crippen LogP contribution in [0, 0.1) is 5.82 Å². The third-order valence-corrected chi connectivity index (χ3v) is 2.66. The molecule has 0 spiro atoms. The van der Waals surface area contributed by atoms with Gasteiger partial charge in [0.15, 0.2) is 0 Å². The van der Waals surface area contributed by atoms with Gasteiger partial charge in [0, 0.05) is 12.1 Å². The zero-order valence-corrected chi connectivity index (χ0v) is 9.91. The molecule has 2 atom stereocenters. The van der Waals surface area contributed by atoms with Gasteiger partial charge in [0.1, 0.15) is 5.82 Å². The molecule has 2 nitrogen and oxygen atoms in total. The molecule has 2 N–H and O–H groups in total. The molecule has 0 fully saturated rings. The summed E-state index contributed by atoms with van der Waals surface area (Å²) in [5, 5.41) is 12.4. The Balaban J connectivity index is 2.47. The molecule has 0 aliphatic heterocycles. The van der Waals surface area contributed by atoms with Gasteiger partial charge >= 0.3 is 0 Å². The minimum atomic E-state index is -0.195. The van der Waals surface area contributed by atoms with E-state index in [0.29, 0.717) is 0 Å². The summed E-state index contributed by atoms with van der Waals surface area (Å²) in [6, 6.07) is 7.01. The Morgan fingerprint density at radius 3 is 2.75 bits per heavy atom. The second kappa shape index (κ2) is 6.61. The average molecular weight is 225 g/mol. The summed E-state index contributed by atoms with van der Waals surface area (Å²) in [6.45, 7) is 4.22. The third kappa shape index (κ3) is 4.29. The van der Waals surface area contributed by atoms with Gasteiger partial charge in [-0.25, -0.2) is 4.39 Å². The summed E-state index contributed by atoms with van der Waals surface area (Å²) >= 11 is 0. The number of benzene rings is 1. The van der Waals surface area contributed by atoms with E-state index < -0.39 is 0 Å². The summed E-state index contributed by atoms with van der Waals surface area (Å²) in [5.74, 6) is -0.195. The maximum atomic E-state index is 13.0.